The summed E-state index contributed by atoms with van der Waals surface area (Å²) in [7, 11) is 0. The number of fused-ring (bicyclic) bond motifs is 1. The molecule has 1 amide bonds. The Hall–Kier alpha value is -1.51. The normalized spacial score (nSPS) is 20.2. The molecule has 0 bridgehead atoms. The number of carbonyl (C=O) groups is 1. The predicted octanol–water partition coefficient (Wildman–Crippen LogP) is 2.16. The summed E-state index contributed by atoms with van der Waals surface area (Å²) in [5.41, 5.74) is 2.21. The van der Waals surface area contributed by atoms with Crippen LogP contribution in [0.25, 0.3) is 0 Å². The van der Waals surface area contributed by atoms with Crippen molar-refractivity contribution in [2.24, 2.45) is 0 Å². The van der Waals surface area contributed by atoms with Crippen molar-refractivity contribution in [1.82, 2.24) is 5.32 Å². The third kappa shape index (κ3) is 1.37. The van der Waals surface area contributed by atoms with E-state index in [2.05, 4.69) is 5.32 Å². The maximum Gasteiger partial charge on any atom is 0.413 e. The van der Waals surface area contributed by atoms with Crippen LogP contribution in [0.4, 0.5) is 4.79 Å². The first-order valence-electron chi connectivity index (χ1n) is 4.26. The molecule has 0 fully saturated rings. The molecule has 0 aromatic heterocycles. The first-order chi connectivity index (χ1) is 6.16. The maximum atomic E-state index is 11.0. The number of hydrogen-bond donors (Lipinski definition) is 1. The molecule has 1 aromatic rings. The second-order valence-corrected chi connectivity index (χ2v) is 3.30. The van der Waals surface area contributed by atoms with Crippen molar-refractivity contribution in [3.63, 3.8) is 0 Å². The van der Waals surface area contributed by atoms with E-state index < -0.39 is 0 Å². The number of amides is 1. The number of hydrogen-bond acceptors (Lipinski definition) is 2. The monoisotopic (exact) mass is 177 g/mol. The average Bonchev–Trinajstić information content (AvgIpc) is 2.06. The fourth-order valence-electron chi connectivity index (χ4n) is 1.48. The number of benzene rings is 1. The molecule has 0 saturated heterocycles. The van der Waals surface area contributed by atoms with Crippen LogP contribution >= 0.6 is 0 Å². The Morgan fingerprint density at radius 2 is 2.23 bits per heavy atom. The number of carbonyl (C=O) groups excluding carboxylic acids is 1. The van der Waals surface area contributed by atoms with Crippen molar-refractivity contribution < 1.29 is 9.53 Å². The minimum absolute atomic E-state index is 0.0381. The molecule has 0 spiro atoms. The zero-order valence-corrected chi connectivity index (χ0v) is 7.63. The van der Waals surface area contributed by atoms with E-state index in [4.69, 9.17) is 4.74 Å². The van der Waals surface area contributed by atoms with Crippen LogP contribution in [0, 0.1) is 6.92 Å². The largest absolute Gasteiger partial charge is 0.413 e. The van der Waals surface area contributed by atoms with Gasteiger partial charge in [0.05, 0.1) is 6.04 Å². The Morgan fingerprint density at radius 3 is 3.00 bits per heavy atom. The second kappa shape index (κ2) is 2.76. The molecular formula is C10H11NO2. The first kappa shape index (κ1) is 8.10. The van der Waals surface area contributed by atoms with Gasteiger partial charge in [-0.2, -0.15) is 0 Å². The Balaban J connectivity index is 2.49. The molecule has 0 saturated carbocycles. The lowest BCUT2D eigenvalue weighted by molar-refractivity contribution is 0.190. The van der Waals surface area contributed by atoms with Gasteiger partial charge in [0, 0.05) is 5.56 Å². The molecule has 13 heavy (non-hydrogen) atoms. The highest BCUT2D eigenvalue weighted by atomic mass is 16.6. The van der Waals surface area contributed by atoms with E-state index in [9.17, 15) is 4.79 Å². The van der Waals surface area contributed by atoms with Crippen molar-refractivity contribution in [1.29, 1.82) is 0 Å². The van der Waals surface area contributed by atoms with E-state index in [1.165, 1.54) is 5.56 Å². The molecular weight excluding hydrogens is 166 g/mol. The van der Waals surface area contributed by atoms with Crippen LogP contribution < -0.4 is 10.1 Å². The summed E-state index contributed by atoms with van der Waals surface area (Å²) in [5.74, 6) is 0.668. The maximum absolute atomic E-state index is 11.0. The molecule has 1 N–H and O–H groups in total. The van der Waals surface area contributed by atoms with Crippen LogP contribution in [-0.4, -0.2) is 6.09 Å². The Labute approximate surface area is 76.7 Å². The molecule has 68 valence electrons. The summed E-state index contributed by atoms with van der Waals surface area (Å²) >= 11 is 0. The van der Waals surface area contributed by atoms with Crippen molar-refractivity contribution >= 4 is 6.09 Å². The molecule has 1 aliphatic heterocycles. The highest BCUT2D eigenvalue weighted by Gasteiger charge is 2.21. The molecule has 0 radical (unpaired) electrons. The van der Waals surface area contributed by atoms with E-state index >= 15 is 0 Å². The van der Waals surface area contributed by atoms with Gasteiger partial charge in [0.25, 0.3) is 0 Å². The second-order valence-electron chi connectivity index (χ2n) is 3.30. The molecule has 1 aromatic carbocycles. The molecule has 1 aliphatic rings. The van der Waals surface area contributed by atoms with Gasteiger partial charge in [-0.3, -0.25) is 0 Å². The van der Waals surface area contributed by atoms with Crippen molar-refractivity contribution in [3.05, 3.63) is 29.3 Å². The van der Waals surface area contributed by atoms with E-state index in [-0.39, 0.29) is 12.1 Å². The molecule has 2 rings (SSSR count). The SMILES string of the molecule is Cc1ccc2c(c1)C(C)NC(=O)O2. The van der Waals surface area contributed by atoms with Gasteiger partial charge >= 0.3 is 6.09 Å². The fourth-order valence-corrected chi connectivity index (χ4v) is 1.48. The van der Waals surface area contributed by atoms with Gasteiger partial charge in [-0.1, -0.05) is 17.7 Å². The topological polar surface area (TPSA) is 38.3 Å². The third-order valence-electron chi connectivity index (χ3n) is 2.17. The van der Waals surface area contributed by atoms with E-state index in [1.54, 1.807) is 0 Å². The minimum Gasteiger partial charge on any atom is -0.410 e. The van der Waals surface area contributed by atoms with Crippen molar-refractivity contribution in [3.8, 4) is 5.75 Å². The molecule has 1 heterocycles. The van der Waals surface area contributed by atoms with Crippen molar-refractivity contribution in [2.75, 3.05) is 0 Å². The minimum atomic E-state index is -0.371. The van der Waals surface area contributed by atoms with Gasteiger partial charge in [-0.05, 0) is 19.9 Å². The third-order valence-corrected chi connectivity index (χ3v) is 2.17. The zero-order valence-electron chi connectivity index (χ0n) is 7.63. The Morgan fingerprint density at radius 1 is 1.46 bits per heavy atom. The predicted molar refractivity (Wildman–Crippen MR) is 48.8 cm³/mol. The lowest BCUT2D eigenvalue weighted by Crippen LogP contribution is -2.34. The van der Waals surface area contributed by atoms with E-state index in [0.717, 1.165) is 5.56 Å². The number of nitrogens with one attached hydrogen (secondary N) is 1. The molecule has 1 unspecified atom stereocenters. The van der Waals surface area contributed by atoms with Gasteiger partial charge in [-0.15, -0.1) is 0 Å². The van der Waals surface area contributed by atoms with Crippen LogP contribution in [0.2, 0.25) is 0 Å². The van der Waals surface area contributed by atoms with Crippen LogP contribution in [-0.2, 0) is 0 Å². The smallest absolute Gasteiger partial charge is 0.410 e. The van der Waals surface area contributed by atoms with E-state index in [0.29, 0.717) is 5.75 Å². The summed E-state index contributed by atoms with van der Waals surface area (Å²) in [6, 6.07) is 5.83. The Kier molecular flexibility index (Phi) is 1.72. The number of rotatable bonds is 0. The molecule has 3 nitrogen and oxygen atoms in total. The molecule has 3 heteroatoms. The summed E-state index contributed by atoms with van der Waals surface area (Å²) in [6.07, 6.45) is -0.371. The van der Waals surface area contributed by atoms with E-state index in [1.807, 2.05) is 32.0 Å². The van der Waals surface area contributed by atoms with Gasteiger partial charge in [-0.25, -0.2) is 4.79 Å². The molecule has 0 aliphatic carbocycles. The quantitative estimate of drug-likeness (QED) is 0.659. The van der Waals surface area contributed by atoms with Gasteiger partial charge in [0.2, 0.25) is 0 Å². The van der Waals surface area contributed by atoms with Gasteiger partial charge in [0.15, 0.2) is 0 Å². The summed E-state index contributed by atoms with van der Waals surface area (Å²) in [6.45, 7) is 3.96. The molecule has 1 atom stereocenters. The lowest BCUT2D eigenvalue weighted by atomic mass is 10.0. The van der Waals surface area contributed by atoms with Crippen LogP contribution in [0.5, 0.6) is 5.75 Å². The lowest BCUT2D eigenvalue weighted by Gasteiger charge is -2.23. The number of ether oxygens (including phenoxy) is 1. The highest BCUT2D eigenvalue weighted by Crippen LogP contribution is 2.29. The summed E-state index contributed by atoms with van der Waals surface area (Å²) in [4.78, 5) is 11.0. The Bertz CT molecular complexity index is 360. The fraction of sp³-hybridized carbons (Fsp3) is 0.300. The first-order valence-corrected chi connectivity index (χ1v) is 4.26. The zero-order chi connectivity index (χ0) is 9.42. The standard InChI is InChI=1S/C10H11NO2/c1-6-3-4-9-8(5-6)7(2)11-10(12)13-9/h3-5,7H,1-2H3,(H,11,12). The van der Waals surface area contributed by atoms with Crippen LogP contribution in [0.3, 0.4) is 0 Å². The van der Waals surface area contributed by atoms with Gasteiger partial charge < -0.3 is 10.1 Å². The van der Waals surface area contributed by atoms with Crippen LogP contribution in [0.1, 0.15) is 24.1 Å². The average molecular weight is 177 g/mol. The van der Waals surface area contributed by atoms with Crippen molar-refractivity contribution in [2.45, 2.75) is 19.9 Å². The number of aryl methyl sites for hydroxylation is 1. The van der Waals surface area contributed by atoms with Crippen LogP contribution in [0.15, 0.2) is 18.2 Å². The summed E-state index contributed by atoms with van der Waals surface area (Å²) in [5, 5.41) is 2.70. The highest BCUT2D eigenvalue weighted by molar-refractivity contribution is 5.74. The summed E-state index contributed by atoms with van der Waals surface area (Å²) < 4.78 is 5.01. The van der Waals surface area contributed by atoms with Gasteiger partial charge in [0.1, 0.15) is 5.75 Å².